The number of H-pyrrole nitrogens is 1. The predicted octanol–water partition coefficient (Wildman–Crippen LogP) is 7.32. The van der Waals surface area contributed by atoms with E-state index in [9.17, 15) is 21.6 Å². The zero-order chi connectivity index (χ0) is 32.5. The molecule has 46 heavy (non-hydrogen) atoms. The number of sulfonamides is 2. The van der Waals surface area contributed by atoms with Crippen LogP contribution < -0.4 is 9.44 Å². The van der Waals surface area contributed by atoms with Crippen molar-refractivity contribution in [2.75, 3.05) is 9.44 Å². The topological polar surface area (TPSA) is 156 Å². The van der Waals surface area contributed by atoms with Gasteiger partial charge in [0.15, 0.2) is 10.3 Å². The first kappa shape index (κ1) is 31.7. The van der Waals surface area contributed by atoms with Crippen molar-refractivity contribution in [2.24, 2.45) is 0 Å². The van der Waals surface area contributed by atoms with Crippen LogP contribution in [0.25, 0.3) is 21.8 Å². The van der Waals surface area contributed by atoms with Crippen LogP contribution in [0, 0.1) is 0 Å². The lowest BCUT2D eigenvalue weighted by atomic mass is 10.2. The number of rotatable bonds is 7. The third kappa shape index (κ3) is 6.79. The zero-order valence-electron chi connectivity index (χ0n) is 23.1. The van der Waals surface area contributed by atoms with Gasteiger partial charge < -0.3 is 4.98 Å². The highest BCUT2D eigenvalue weighted by Crippen LogP contribution is 2.27. The van der Waals surface area contributed by atoms with Crippen molar-refractivity contribution < 1.29 is 21.6 Å². The highest BCUT2D eigenvalue weighted by atomic mass is 35.5. The van der Waals surface area contributed by atoms with Crippen LogP contribution in [0.3, 0.4) is 0 Å². The summed E-state index contributed by atoms with van der Waals surface area (Å²) in [6.07, 6.45) is 6.41. The summed E-state index contributed by atoms with van der Waals surface area (Å²) < 4.78 is 55.6. The number of benzene rings is 3. The van der Waals surface area contributed by atoms with Gasteiger partial charge in [-0.25, -0.2) is 26.8 Å². The van der Waals surface area contributed by atoms with Gasteiger partial charge in [0.05, 0.1) is 25.9 Å². The number of nitrogens with one attached hydrogen (secondary N) is 3. The maximum absolute atomic E-state index is 12.8. The summed E-state index contributed by atoms with van der Waals surface area (Å²) in [5.41, 5.74) is 1.76. The van der Waals surface area contributed by atoms with Crippen LogP contribution in [0.5, 0.6) is 0 Å². The standard InChI is InChI=1S/C18H11Cl2N3O3S2.C11H9N3O2S2/c19-12-1-3-14(15(20)10-12)17(24)23-7-5-11-9-13(2-4-16(11)23)28(25,26)22-18-21-6-8-27-18;15-18(16,14-11-13-5-6-17-11)9-1-2-10-8(7-9)3-4-12-10/h1-10H,(H,21,22);1-7,12H,(H,13,14). The number of aromatic amines is 1. The van der Waals surface area contributed by atoms with Crippen LogP contribution in [0.1, 0.15) is 10.4 Å². The molecule has 0 aliphatic rings. The molecule has 0 amide bonds. The van der Waals surface area contributed by atoms with Crippen molar-refractivity contribution in [1.82, 2.24) is 19.5 Å². The Kier molecular flexibility index (Phi) is 8.87. The van der Waals surface area contributed by atoms with Crippen LogP contribution in [0.2, 0.25) is 10.0 Å². The highest BCUT2D eigenvalue weighted by molar-refractivity contribution is 7.93. The first-order chi connectivity index (χ1) is 22.0. The van der Waals surface area contributed by atoms with Crippen molar-refractivity contribution in [3.05, 3.63) is 118 Å². The fourth-order valence-corrected chi connectivity index (χ4v) is 8.49. The molecule has 0 spiro atoms. The molecular weight excluding hydrogens is 712 g/mol. The summed E-state index contributed by atoms with van der Waals surface area (Å²) >= 11 is 14.4. The molecule has 0 saturated heterocycles. The van der Waals surface area contributed by atoms with E-state index < -0.39 is 20.0 Å². The number of hydrogen-bond donors (Lipinski definition) is 3. The third-order valence-corrected chi connectivity index (χ3v) is 11.4. The van der Waals surface area contributed by atoms with E-state index in [2.05, 4.69) is 24.4 Å². The minimum Gasteiger partial charge on any atom is -0.361 e. The number of hydrogen-bond acceptors (Lipinski definition) is 9. The molecule has 0 atom stereocenters. The second kappa shape index (κ2) is 12.9. The Morgan fingerprint density at radius 3 is 2.00 bits per heavy atom. The summed E-state index contributed by atoms with van der Waals surface area (Å²) in [4.78, 5) is 24.0. The number of thiazole rings is 2. The number of carbonyl (C=O) groups excluding carboxylic acids is 1. The van der Waals surface area contributed by atoms with Gasteiger partial charge >= 0.3 is 0 Å². The molecule has 0 fully saturated rings. The first-order valence-corrected chi connectivity index (χ1v) is 18.5. The molecule has 7 rings (SSSR count). The quantitative estimate of drug-likeness (QED) is 0.155. The second-order valence-corrected chi connectivity index (χ2v) is 15.4. The molecule has 234 valence electrons. The number of anilines is 2. The molecule has 0 aliphatic heterocycles. The van der Waals surface area contributed by atoms with Crippen LogP contribution in [-0.4, -0.2) is 42.3 Å². The Hall–Kier alpha value is -4.25. The maximum atomic E-state index is 12.8. The molecule has 11 nitrogen and oxygen atoms in total. The normalized spacial score (nSPS) is 11.7. The molecule has 3 aromatic carbocycles. The van der Waals surface area contributed by atoms with Crippen LogP contribution >= 0.6 is 45.9 Å². The smallest absolute Gasteiger partial charge is 0.263 e. The van der Waals surface area contributed by atoms with Gasteiger partial charge in [-0.05, 0) is 66.7 Å². The van der Waals surface area contributed by atoms with Gasteiger partial charge in [0.1, 0.15) is 0 Å². The average Bonchev–Trinajstić information content (AvgIpc) is 3.84. The maximum Gasteiger partial charge on any atom is 0.263 e. The molecule has 4 heterocycles. The lowest BCUT2D eigenvalue weighted by Crippen LogP contribution is -2.13. The molecule has 0 bridgehead atoms. The Balaban J connectivity index is 0.000000178. The number of halogens is 2. The molecule has 17 heteroatoms. The van der Waals surface area contributed by atoms with Crippen molar-refractivity contribution in [1.29, 1.82) is 0 Å². The van der Waals surface area contributed by atoms with Crippen molar-refractivity contribution in [3.8, 4) is 0 Å². The van der Waals surface area contributed by atoms with Gasteiger partial charge in [-0.15, -0.1) is 22.7 Å². The number of nitrogens with zero attached hydrogens (tertiary/aromatic N) is 3. The Labute approximate surface area is 280 Å². The van der Waals surface area contributed by atoms with Crippen molar-refractivity contribution in [3.63, 3.8) is 0 Å². The molecular formula is C29H20Cl2N6O5S4. The molecule has 7 aromatic rings. The minimum atomic E-state index is -3.78. The zero-order valence-corrected chi connectivity index (χ0v) is 27.9. The molecule has 0 radical (unpaired) electrons. The summed E-state index contributed by atoms with van der Waals surface area (Å²) in [7, 11) is -7.35. The largest absolute Gasteiger partial charge is 0.361 e. The van der Waals surface area contributed by atoms with E-state index in [0.29, 0.717) is 26.6 Å². The second-order valence-electron chi connectivity index (χ2n) is 9.45. The van der Waals surface area contributed by atoms with E-state index in [1.54, 1.807) is 71.8 Å². The van der Waals surface area contributed by atoms with Gasteiger partial charge in [-0.3, -0.25) is 18.8 Å². The van der Waals surface area contributed by atoms with Crippen LogP contribution in [0.4, 0.5) is 10.3 Å². The lowest BCUT2D eigenvalue weighted by Gasteiger charge is -2.08. The van der Waals surface area contributed by atoms with Crippen molar-refractivity contribution in [2.45, 2.75) is 9.79 Å². The van der Waals surface area contributed by atoms with E-state index in [4.69, 9.17) is 23.2 Å². The SMILES string of the molecule is O=C(c1ccc(Cl)cc1Cl)n1ccc2cc(S(=O)(=O)Nc3nccs3)ccc21.O=S(=O)(Nc1nccs1)c1ccc2[nH]ccc2c1. The predicted molar refractivity (Wildman–Crippen MR) is 182 cm³/mol. The lowest BCUT2D eigenvalue weighted by molar-refractivity contribution is 0.0965. The minimum absolute atomic E-state index is 0.0740. The van der Waals surface area contributed by atoms with E-state index >= 15 is 0 Å². The summed E-state index contributed by atoms with van der Waals surface area (Å²) in [5.74, 6) is -0.340. The highest BCUT2D eigenvalue weighted by Gasteiger charge is 2.20. The monoisotopic (exact) mass is 730 g/mol. The summed E-state index contributed by atoms with van der Waals surface area (Å²) in [5, 5.41) is 6.17. The van der Waals surface area contributed by atoms with Crippen LogP contribution in [0.15, 0.2) is 112 Å². The van der Waals surface area contributed by atoms with Crippen molar-refractivity contribution >= 4 is 104 Å². The van der Waals surface area contributed by atoms with Gasteiger partial charge in [-0.1, -0.05) is 23.2 Å². The third-order valence-electron chi connectivity index (χ3n) is 6.50. The van der Waals surface area contributed by atoms with Gasteiger partial charge in [-0.2, -0.15) is 0 Å². The number of aromatic nitrogens is 4. The van der Waals surface area contributed by atoms with Gasteiger partial charge in [0.25, 0.3) is 26.0 Å². The average molecular weight is 732 g/mol. The van der Waals surface area contributed by atoms with E-state index in [1.165, 1.54) is 51.6 Å². The summed E-state index contributed by atoms with van der Waals surface area (Å²) in [6, 6.07) is 17.6. The van der Waals surface area contributed by atoms with E-state index in [-0.39, 0.29) is 25.9 Å². The molecule has 0 saturated carbocycles. The molecule has 3 N–H and O–H groups in total. The Bertz CT molecular complexity index is 2410. The first-order valence-electron chi connectivity index (χ1n) is 13.0. The fraction of sp³-hybridized carbons (Fsp3) is 0. The van der Waals surface area contributed by atoms with E-state index in [0.717, 1.165) is 10.9 Å². The van der Waals surface area contributed by atoms with Gasteiger partial charge in [0, 0.05) is 56.9 Å². The Morgan fingerprint density at radius 1 is 0.761 bits per heavy atom. The number of fused-ring (bicyclic) bond motifs is 2. The molecule has 4 aromatic heterocycles. The van der Waals surface area contributed by atoms with Gasteiger partial charge in [0.2, 0.25) is 0 Å². The number of carbonyl (C=O) groups is 1. The fourth-order valence-electron chi connectivity index (χ4n) is 4.35. The summed E-state index contributed by atoms with van der Waals surface area (Å²) in [6.45, 7) is 0. The Morgan fingerprint density at radius 2 is 1.39 bits per heavy atom. The van der Waals surface area contributed by atoms with E-state index in [1.807, 2.05) is 6.07 Å². The molecule has 0 unspecified atom stereocenters. The van der Waals surface area contributed by atoms with Crippen LogP contribution in [-0.2, 0) is 20.0 Å². The molecule has 0 aliphatic carbocycles.